The van der Waals surface area contributed by atoms with Crippen LogP contribution in [-0.2, 0) is 4.79 Å². The first-order chi connectivity index (χ1) is 6.65. The third-order valence-electron chi connectivity index (χ3n) is 2.79. The summed E-state index contributed by atoms with van der Waals surface area (Å²) in [7, 11) is 3.96. The number of hydrogen-bond acceptors (Lipinski definition) is 2. The molecular weight excluding hydrogens is 174 g/mol. The van der Waals surface area contributed by atoms with E-state index in [1.165, 1.54) is 19.3 Å². The Morgan fingerprint density at radius 2 is 2.21 bits per heavy atom. The topological polar surface area (TPSA) is 20.3 Å². The van der Waals surface area contributed by atoms with Gasteiger partial charge in [-0.1, -0.05) is 19.8 Å². The summed E-state index contributed by atoms with van der Waals surface area (Å²) in [6, 6.07) is 0. The fourth-order valence-electron chi connectivity index (χ4n) is 2.04. The van der Waals surface area contributed by atoms with Crippen molar-refractivity contribution in [1.82, 2.24) is 4.90 Å². The highest BCUT2D eigenvalue weighted by Crippen LogP contribution is 2.32. The summed E-state index contributed by atoms with van der Waals surface area (Å²) in [5, 5.41) is 0. The fourth-order valence-corrected chi connectivity index (χ4v) is 2.04. The molecular formula is C12H21NO. The van der Waals surface area contributed by atoms with Crippen molar-refractivity contribution in [2.24, 2.45) is 5.92 Å². The molecule has 0 heterocycles. The van der Waals surface area contributed by atoms with Crippen LogP contribution in [0.1, 0.15) is 39.0 Å². The third-order valence-corrected chi connectivity index (χ3v) is 2.79. The number of Topliss-reactive ketones (excluding diaryl/α,β-unsaturated/α-hetero) is 1. The molecule has 0 aromatic rings. The first kappa shape index (κ1) is 11.3. The number of carbonyl (C=O) groups is 1. The fraction of sp³-hybridized carbons (Fsp3) is 0.750. The summed E-state index contributed by atoms with van der Waals surface area (Å²) in [6.45, 7) is 2.20. The normalized spacial score (nSPS) is 24.6. The lowest BCUT2D eigenvalue weighted by atomic mass is 9.97. The maximum Gasteiger partial charge on any atom is 0.160 e. The summed E-state index contributed by atoms with van der Waals surface area (Å²) in [6.07, 6.45) is 7.48. The highest BCUT2D eigenvalue weighted by atomic mass is 16.1. The molecule has 80 valence electrons. The predicted molar refractivity (Wildman–Crippen MR) is 59.0 cm³/mol. The quantitative estimate of drug-likeness (QED) is 0.643. The van der Waals surface area contributed by atoms with Gasteiger partial charge >= 0.3 is 0 Å². The Labute approximate surface area is 87.0 Å². The van der Waals surface area contributed by atoms with Gasteiger partial charge in [0.05, 0.1) is 0 Å². The van der Waals surface area contributed by atoms with Gasteiger partial charge in [0.1, 0.15) is 0 Å². The summed E-state index contributed by atoms with van der Waals surface area (Å²) in [4.78, 5) is 13.6. The molecule has 0 amide bonds. The van der Waals surface area contributed by atoms with Gasteiger partial charge in [-0.3, -0.25) is 4.79 Å². The van der Waals surface area contributed by atoms with Gasteiger partial charge in [-0.05, 0) is 18.8 Å². The molecule has 0 aromatic heterocycles. The van der Waals surface area contributed by atoms with E-state index in [1.807, 2.05) is 25.2 Å². The van der Waals surface area contributed by atoms with Gasteiger partial charge in [-0.2, -0.15) is 0 Å². The first-order valence-corrected chi connectivity index (χ1v) is 5.56. The number of unbranched alkanes of at least 4 members (excludes halogenated alkanes) is 1. The minimum atomic E-state index is 0.361. The predicted octanol–water partition coefficient (Wildman–Crippen LogP) is 2.60. The molecule has 0 aliphatic heterocycles. The van der Waals surface area contributed by atoms with E-state index in [1.54, 1.807) is 0 Å². The third kappa shape index (κ3) is 2.86. The van der Waals surface area contributed by atoms with Crippen LogP contribution in [0.5, 0.6) is 0 Å². The molecule has 2 nitrogen and oxygen atoms in total. The van der Waals surface area contributed by atoms with Crippen LogP contribution in [0.15, 0.2) is 11.8 Å². The maximum absolute atomic E-state index is 11.6. The zero-order valence-electron chi connectivity index (χ0n) is 9.55. The summed E-state index contributed by atoms with van der Waals surface area (Å²) in [5.74, 6) is 0.893. The van der Waals surface area contributed by atoms with E-state index in [0.29, 0.717) is 11.7 Å². The number of allylic oxidation sites excluding steroid dienone is 1. The number of nitrogens with zero attached hydrogens (tertiary/aromatic N) is 1. The van der Waals surface area contributed by atoms with Crippen molar-refractivity contribution in [2.45, 2.75) is 39.0 Å². The molecule has 0 saturated heterocycles. The highest BCUT2D eigenvalue weighted by Gasteiger charge is 2.27. The highest BCUT2D eigenvalue weighted by molar-refractivity contribution is 5.97. The molecule has 1 fully saturated rings. The van der Waals surface area contributed by atoms with E-state index in [2.05, 4.69) is 6.92 Å². The van der Waals surface area contributed by atoms with Crippen LogP contribution in [0, 0.1) is 5.92 Å². The second-order valence-electron chi connectivity index (χ2n) is 4.35. The molecule has 1 atom stereocenters. The zero-order valence-corrected chi connectivity index (χ0v) is 9.55. The van der Waals surface area contributed by atoms with Gasteiger partial charge in [0, 0.05) is 32.3 Å². The van der Waals surface area contributed by atoms with Crippen LogP contribution >= 0.6 is 0 Å². The van der Waals surface area contributed by atoms with Crippen molar-refractivity contribution >= 4 is 5.78 Å². The standard InChI is InChI=1S/C12H21NO/c1-4-5-6-10-7-8-12(14)11(10)9-13(2)3/h9-10H,4-8H2,1-3H3. The van der Waals surface area contributed by atoms with Crippen molar-refractivity contribution in [3.63, 3.8) is 0 Å². The van der Waals surface area contributed by atoms with E-state index >= 15 is 0 Å². The second-order valence-corrected chi connectivity index (χ2v) is 4.35. The Bertz CT molecular complexity index is 230. The van der Waals surface area contributed by atoms with Gasteiger partial charge in [-0.25, -0.2) is 0 Å². The summed E-state index contributed by atoms with van der Waals surface area (Å²) in [5.41, 5.74) is 1.06. The van der Waals surface area contributed by atoms with Crippen LogP contribution in [0.2, 0.25) is 0 Å². The zero-order chi connectivity index (χ0) is 10.6. The lowest BCUT2D eigenvalue weighted by Gasteiger charge is -2.13. The van der Waals surface area contributed by atoms with Crippen LogP contribution < -0.4 is 0 Å². The number of carbonyl (C=O) groups excluding carboxylic acids is 1. The molecule has 0 bridgehead atoms. The monoisotopic (exact) mass is 195 g/mol. The van der Waals surface area contributed by atoms with Crippen LogP contribution in [-0.4, -0.2) is 24.8 Å². The largest absolute Gasteiger partial charge is 0.383 e. The van der Waals surface area contributed by atoms with Gasteiger partial charge in [0.15, 0.2) is 5.78 Å². The van der Waals surface area contributed by atoms with E-state index in [0.717, 1.165) is 18.4 Å². The molecule has 1 saturated carbocycles. The van der Waals surface area contributed by atoms with Crippen molar-refractivity contribution < 1.29 is 4.79 Å². The average molecular weight is 195 g/mol. The lowest BCUT2D eigenvalue weighted by molar-refractivity contribution is -0.114. The Morgan fingerprint density at radius 3 is 2.79 bits per heavy atom. The van der Waals surface area contributed by atoms with Crippen molar-refractivity contribution in [1.29, 1.82) is 0 Å². The van der Waals surface area contributed by atoms with Gasteiger partial charge in [-0.15, -0.1) is 0 Å². The average Bonchev–Trinajstić information content (AvgIpc) is 2.45. The summed E-state index contributed by atoms with van der Waals surface area (Å²) < 4.78 is 0. The molecule has 1 rings (SSSR count). The van der Waals surface area contributed by atoms with Crippen LogP contribution in [0.4, 0.5) is 0 Å². The lowest BCUT2D eigenvalue weighted by Crippen LogP contribution is -2.09. The minimum absolute atomic E-state index is 0.361. The van der Waals surface area contributed by atoms with Gasteiger partial charge < -0.3 is 4.90 Å². The number of hydrogen-bond donors (Lipinski definition) is 0. The van der Waals surface area contributed by atoms with Gasteiger partial charge in [0.2, 0.25) is 0 Å². The molecule has 0 spiro atoms. The van der Waals surface area contributed by atoms with E-state index in [4.69, 9.17) is 0 Å². The molecule has 2 heteroatoms. The summed E-state index contributed by atoms with van der Waals surface area (Å²) >= 11 is 0. The Balaban J connectivity index is 2.62. The van der Waals surface area contributed by atoms with Crippen molar-refractivity contribution in [3.8, 4) is 0 Å². The first-order valence-electron chi connectivity index (χ1n) is 5.56. The number of ketones is 1. The molecule has 14 heavy (non-hydrogen) atoms. The van der Waals surface area contributed by atoms with E-state index in [9.17, 15) is 4.79 Å². The number of rotatable bonds is 4. The molecule has 1 aliphatic rings. The Morgan fingerprint density at radius 1 is 1.50 bits per heavy atom. The Kier molecular flexibility index (Phi) is 4.18. The maximum atomic E-state index is 11.6. The molecule has 1 unspecified atom stereocenters. The van der Waals surface area contributed by atoms with Crippen molar-refractivity contribution in [2.75, 3.05) is 14.1 Å². The Hall–Kier alpha value is -0.790. The molecule has 0 N–H and O–H groups in total. The smallest absolute Gasteiger partial charge is 0.160 e. The van der Waals surface area contributed by atoms with Gasteiger partial charge in [0.25, 0.3) is 0 Å². The SMILES string of the molecule is CCCCC1CCC(=O)C1=CN(C)C. The molecule has 0 radical (unpaired) electrons. The van der Waals surface area contributed by atoms with Crippen molar-refractivity contribution in [3.05, 3.63) is 11.8 Å². The van der Waals surface area contributed by atoms with E-state index < -0.39 is 0 Å². The second kappa shape index (κ2) is 5.18. The van der Waals surface area contributed by atoms with Crippen LogP contribution in [0.3, 0.4) is 0 Å². The minimum Gasteiger partial charge on any atom is -0.383 e. The molecule has 1 aliphatic carbocycles. The molecule has 0 aromatic carbocycles. The van der Waals surface area contributed by atoms with E-state index in [-0.39, 0.29) is 0 Å². The van der Waals surface area contributed by atoms with Crippen LogP contribution in [0.25, 0.3) is 0 Å².